The van der Waals surface area contributed by atoms with Crippen molar-refractivity contribution in [3.8, 4) is 0 Å². The number of quaternary nitrogens is 1. The fourth-order valence-corrected chi connectivity index (χ4v) is 0. The van der Waals surface area contributed by atoms with E-state index in [0.29, 0.717) is 0 Å². The largest absolute Gasteiger partial charge is 0.333 e. The molecule has 0 amide bonds. The normalized spacial score (nSPS) is 12.0. The van der Waals surface area contributed by atoms with Crippen LogP contribution in [0.1, 0.15) is 0 Å². The molecule has 0 aliphatic carbocycles. The van der Waals surface area contributed by atoms with E-state index in [-0.39, 0.29) is 0 Å². The van der Waals surface area contributed by atoms with Gasteiger partial charge in [-0.2, -0.15) is 0 Å². The van der Waals surface area contributed by atoms with Gasteiger partial charge in [0, 0.05) is 0 Å². The third-order valence-corrected chi connectivity index (χ3v) is 0.822. The molecule has 1 N–H and O–H groups in total. The second kappa shape index (κ2) is 4.87. The minimum atomic E-state index is -1.58. The van der Waals surface area contributed by atoms with E-state index in [1.54, 1.807) is 0 Å². The third-order valence-electron chi connectivity index (χ3n) is 0.274. The van der Waals surface area contributed by atoms with E-state index in [4.69, 9.17) is 5.26 Å². The van der Waals surface area contributed by atoms with Gasteiger partial charge in [0.1, 0.15) is 0 Å². The van der Waals surface area contributed by atoms with Crippen LogP contribution in [-0.4, -0.2) is 46.2 Å². The Bertz CT molecular complexity index is 87.6. The van der Waals surface area contributed by atoms with Gasteiger partial charge in [-0.05, 0) is 19.6 Å². The van der Waals surface area contributed by atoms with Crippen molar-refractivity contribution < 1.29 is 14.3 Å². The van der Waals surface area contributed by atoms with Gasteiger partial charge >= 0.3 is 0 Å². The van der Waals surface area contributed by atoms with Crippen LogP contribution in [0, 0.1) is 0 Å². The van der Waals surface area contributed by atoms with Crippen molar-refractivity contribution in [2.75, 3.05) is 28.2 Å². The molecule has 11 heavy (non-hydrogen) atoms. The lowest BCUT2D eigenvalue weighted by Gasteiger charge is -2.14. The van der Waals surface area contributed by atoms with Crippen LogP contribution in [0.2, 0.25) is 19.6 Å². The van der Waals surface area contributed by atoms with Gasteiger partial charge in [-0.3, -0.25) is 9.83 Å². The summed E-state index contributed by atoms with van der Waals surface area (Å²) in [4.78, 5) is 0. The molecular formula is C7H22NO2Si+. The van der Waals surface area contributed by atoms with Gasteiger partial charge in [0.2, 0.25) is 8.32 Å². The van der Waals surface area contributed by atoms with Crippen molar-refractivity contribution in [2.45, 2.75) is 19.6 Å². The Hall–Kier alpha value is 0.0969. The topological polar surface area (TPSA) is 29.5 Å². The Kier molecular flexibility index (Phi) is 6.05. The van der Waals surface area contributed by atoms with Gasteiger partial charge in [-0.15, -0.1) is 0 Å². The molecule has 3 nitrogen and oxygen atoms in total. The van der Waals surface area contributed by atoms with E-state index < -0.39 is 8.32 Å². The summed E-state index contributed by atoms with van der Waals surface area (Å²) in [7, 11) is 6.92. The molecule has 0 aromatic heterocycles. The first-order chi connectivity index (χ1) is 4.56. The Balaban J connectivity index is 0. The van der Waals surface area contributed by atoms with E-state index in [1.807, 2.05) is 19.6 Å². The highest BCUT2D eigenvalue weighted by Gasteiger charge is 2.12. The molecule has 0 aliphatic rings. The molecule has 0 heterocycles. The molecule has 0 saturated carbocycles. The smallest absolute Gasteiger partial charge is 0.229 e. The summed E-state index contributed by atoms with van der Waals surface area (Å²) in [5.41, 5.74) is 0. The van der Waals surface area contributed by atoms with Crippen molar-refractivity contribution in [1.82, 2.24) is 0 Å². The maximum absolute atomic E-state index is 7.96. The van der Waals surface area contributed by atoms with Crippen molar-refractivity contribution in [2.24, 2.45) is 0 Å². The fourth-order valence-electron chi connectivity index (χ4n) is 0. The van der Waals surface area contributed by atoms with Crippen molar-refractivity contribution >= 4 is 8.32 Å². The Morgan fingerprint density at radius 3 is 1.09 bits per heavy atom. The zero-order chi connectivity index (χ0) is 9.71. The zero-order valence-electron chi connectivity index (χ0n) is 8.80. The predicted molar refractivity (Wildman–Crippen MR) is 51.0 cm³/mol. The maximum Gasteiger partial charge on any atom is 0.229 e. The van der Waals surface area contributed by atoms with Crippen LogP contribution >= 0.6 is 0 Å². The number of nitrogens with zero attached hydrogens (tertiary/aromatic N) is 1. The lowest BCUT2D eigenvalue weighted by Crippen LogP contribution is -2.27. The minimum Gasteiger partial charge on any atom is -0.333 e. The molecule has 4 heteroatoms. The second-order valence-corrected chi connectivity index (χ2v) is 9.29. The lowest BCUT2D eigenvalue weighted by atomic mass is 10.8. The molecule has 70 valence electrons. The summed E-state index contributed by atoms with van der Waals surface area (Å²) in [6, 6.07) is 0. The van der Waals surface area contributed by atoms with Crippen molar-refractivity contribution in [3.05, 3.63) is 0 Å². The quantitative estimate of drug-likeness (QED) is 0.288. The van der Waals surface area contributed by atoms with Gasteiger partial charge < -0.3 is 4.48 Å². The molecular weight excluding hydrogens is 158 g/mol. The van der Waals surface area contributed by atoms with Crippen LogP contribution in [-0.2, 0) is 4.58 Å². The predicted octanol–water partition coefficient (Wildman–Crippen LogP) is 1.63. The zero-order valence-corrected chi connectivity index (χ0v) is 9.80. The van der Waals surface area contributed by atoms with E-state index in [9.17, 15) is 0 Å². The van der Waals surface area contributed by atoms with Crippen LogP contribution in [0.3, 0.4) is 0 Å². The molecule has 0 aromatic rings. The maximum atomic E-state index is 7.96. The standard InChI is InChI=1S/C4H12N.C3H10O2Si/c1-5(2,3)4;1-6(2,3)5-4/h1-4H3;4H,1-3H3/q+1;. The van der Waals surface area contributed by atoms with E-state index in [1.165, 1.54) is 0 Å². The van der Waals surface area contributed by atoms with E-state index in [2.05, 4.69) is 32.8 Å². The average molecular weight is 180 g/mol. The second-order valence-electron chi connectivity index (χ2n) is 4.89. The first-order valence-corrected chi connectivity index (χ1v) is 7.08. The van der Waals surface area contributed by atoms with Gasteiger partial charge in [0.25, 0.3) is 0 Å². The molecule has 0 atom stereocenters. The molecule has 0 aliphatic heterocycles. The van der Waals surface area contributed by atoms with Crippen LogP contribution < -0.4 is 0 Å². The lowest BCUT2D eigenvalue weighted by molar-refractivity contribution is -0.849. The number of hydrogen-bond donors (Lipinski definition) is 1. The average Bonchev–Trinajstić information content (AvgIpc) is 1.59. The summed E-state index contributed by atoms with van der Waals surface area (Å²) in [6.45, 7) is 5.73. The SMILES string of the molecule is C[N+](C)(C)C.C[Si](C)(C)OO. The summed E-state index contributed by atoms with van der Waals surface area (Å²) < 4.78 is 5.08. The minimum absolute atomic E-state index is 1.00. The first kappa shape index (κ1) is 13.7. The third kappa shape index (κ3) is 69.0. The van der Waals surface area contributed by atoms with Gasteiger partial charge in [0.15, 0.2) is 0 Å². The van der Waals surface area contributed by atoms with E-state index >= 15 is 0 Å². The summed E-state index contributed by atoms with van der Waals surface area (Å²) in [5, 5.41) is 7.96. The fraction of sp³-hybridized carbons (Fsp3) is 1.00. The van der Waals surface area contributed by atoms with Crippen LogP contribution in [0.5, 0.6) is 0 Å². The molecule has 0 saturated heterocycles. The molecule has 0 aromatic carbocycles. The molecule has 0 spiro atoms. The summed E-state index contributed by atoms with van der Waals surface area (Å²) >= 11 is 0. The Morgan fingerprint density at radius 2 is 1.09 bits per heavy atom. The van der Waals surface area contributed by atoms with Crippen LogP contribution in [0.15, 0.2) is 0 Å². The van der Waals surface area contributed by atoms with Crippen molar-refractivity contribution in [3.63, 3.8) is 0 Å². The highest BCUT2D eigenvalue weighted by molar-refractivity contribution is 6.69. The molecule has 0 rings (SSSR count). The van der Waals surface area contributed by atoms with Crippen LogP contribution in [0.25, 0.3) is 0 Å². The first-order valence-electron chi connectivity index (χ1n) is 3.68. The van der Waals surface area contributed by atoms with Gasteiger partial charge in [-0.25, -0.2) is 0 Å². The van der Waals surface area contributed by atoms with Crippen LogP contribution in [0.4, 0.5) is 0 Å². The summed E-state index contributed by atoms with van der Waals surface area (Å²) in [5.74, 6) is 0. The Morgan fingerprint density at radius 1 is 1.00 bits per heavy atom. The number of rotatable bonds is 1. The van der Waals surface area contributed by atoms with Crippen molar-refractivity contribution in [1.29, 1.82) is 0 Å². The highest BCUT2D eigenvalue weighted by atomic mass is 28.4. The summed E-state index contributed by atoms with van der Waals surface area (Å²) in [6.07, 6.45) is 0. The monoisotopic (exact) mass is 180 g/mol. The molecule has 0 unspecified atom stereocenters. The molecule has 0 bridgehead atoms. The van der Waals surface area contributed by atoms with Gasteiger partial charge in [0.05, 0.1) is 28.2 Å². The highest BCUT2D eigenvalue weighted by Crippen LogP contribution is 1.97. The molecule has 0 fully saturated rings. The van der Waals surface area contributed by atoms with E-state index in [0.717, 1.165) is 4.48 Å². The Labute approximate surface area is 71.2 Å². The molecule has 0 radical (unpaired) electrons. The number of hydrogen-bond acceptors (Lipinski definition) is 2. The van der Waals surface area contributed by atoms with Gasteiger partial charge in [-0.1, -0.05) is 0 Å².